The van der Waals surface area contributed by atoms with Gasteiger partial charge in [0.25, 0.3) is 0 Å². The maximum Gasteiger partial charge on any atom is 0.216 e. The third-order valence-electron chi connectivity index (χ3n) is 4.88. The van der Waals surface area contributed by atoms with E-state index in [0.717, 1.165) is 19.6 Å². The molecule has 1 saturated heterocycles. The van der Waals surface area contributed by atoms with Gasteiger partial charge in [-0.15, -0.1) is 0 Å². The highest BCUT2D eigenvalue weighted by Gasteiger charge is 2.24. The number of hydrogen-bond acceptors (Lipinski definition) is 6. The van der Waals surface area contributed by atoms with E-state index in [-0.39, 0.29) is 38.2 Å². The number of piperazine rings is 1. The Kier molecular flexibility index (Phi) is 5.80. The van der Waals surface area contributed by atoms with E-state index in [4.69, 9.17) is 17.3 Å². The summed E-state index contributed by atoms with van der Waals surface area (Å²) in [4.78, 5) is 23.8. The average Bonchev–Trinajstić information content (AvgIpc) is 2.76. The minimum Gasteiger partial charge on any atom is -0.383 e. The molecule has 0 spiro atoms. The lowest BCUT2D eigenvalue weighted by Gasteiger charge is -2.35. The highest BCUT2D eigenvalue weighted by molar-refractivity contribution is 9.10. The van der Waals surface area contributed by atoms with Crippen LogP contribution in [-0.4, -0.2) is 35.4 Å². The summed E-state index contributed by atoms with van der Waals surface area (Å²) in [7, 11) is 0. The molecular formula is C21H25BrClN5O. The number of carbonyl (C=O) groups is 1. The third kappa shape index (κ3) is 4.27. The lowest BCUT2D eigenvalue weighted by molar-refractivity contribution is 0.103. The Morgan fingerprint density at radius 2 is 2.07 bits per heavy atom. The van der Waals surface area contributed by atoms with Crippen molar-refractivity contribution >= 4 is 44.9 Å². The van der Waals surface area contributed by atoms with Crippen LogP contribution in [0.15, 0.2) is 59.2 Å². The van der Waals surface area contributed by atoms with Crippen LogP contribution in [0.25, 0.3) is 0 Å². The SMILES string of the molecule is Nc1ncc(Br)cc1C(=O)c1nc(N2CCNC(c3ccccc3)C2)ccc1Cl.[HH].[HH].[HH]. The van der Waals surface area contributed by atoms with E-state index in [9.17, 15) is 4.79 Å². The fraction of sp³-hybridized carbons (Fsp3) is 0.190. The topological polar surface area (TPSA) is 84.1 Å². The van der Waals surface area contributed by atoms with Gasteiger partial charge in [-0.1, -0.05) is 41.9 Å². The van der Waals surface area contributed by atoms with E-state index in [1.807, 2.05) is 24.3 Å². The van der Waals surface area contributed by atoms with Gasteiger partial charge in [-0.2, -0.15) is 0 Å². The fourth-order valence-electron chi connectivity index (χ4n) is 3.39. The standard InChI is InChI=1S/C21H19BrClN5O.3H2/c22-14-10-15(21(24)26-11-14)20(29)19-16(23)6-7-18(27-19)28-9-8-25-17(12-28)13-4-2-1-3-5-13;;;/h1-7,10-11,17,25H,8-9,12H2,(H2,24,26);3*1H. The molecule has 0 amide bonds. The molecule has 8 heteroatoms. The molecule has 1 fully saturated rings. The van der Waals surface area contributed by atoms with Gasteiger partial charge >= 0.3 is 0 Å². The largest absolute Gasteiger partial charge is 0.383 e. The molecule has 0 saturated carbocycles. The normalized spacial score (nSPS) is 16.6. The van der Waals surface area contributed by atoms with Gasteiger partial charge in [0.2, 0.25) is 5.78 Å². The number of ketones is 1. The number of rotatable bonds is 4. The van der Waals surface area contributed by atoms with Crippen molar-refractivity contribution in [2.75, 3.05) is 30.3 Å². The first-order valence-electron chi connectivity index (χ1n) is 9.18. The molecule has 1 aliphatic rings. The summed E-state index contributed by atoms with van der Waals surface area (Å²) < 4.78 is 0.662. The molecule has 1 aromatic carbocycles. The number of anilines is 2. The van der Waals surface area contributed by atoms with E-state index < -0.39 is 0 Å². The van der Waals surface area contributed by atoms with E-state index in [0.29, 0.717) is 10.3 Å². The van der Waals surface area contributed by atoms with Gasteiger partial charge in [-0.25, -0.2) is 9.97 Å². The number of benzene rings is 1. The van der Waals surface area contributed by atoms with Crippen molar-refractivity contribution in [2.45, 2.75) is 6.04 Å². The second-order valence-electron chi connectivity index (χ2n) is 6.78. The van der Waals surface area contributed by atoms with Crippen molar-refractivity contribution in [3.05, 3.63) is 81.0 Å². The van der Waals surface area contributed by atoms with Crippen LogP contribution < -0.4 is 16.0 Å². The van der Waals surface area contributed by atoms with Crippen molar-refractivity contribution < 1.29 is 9.07 Å². The molecule has 29 heavy (non-hydrogen) atoms. The van der Waals surface area contributed by atoms with Crippen molar-refractivity contribution in [2.24, 2.45) is 0 Å². The first kappa shape index (κ1) is 19.8. The van der Waals surface area contributed by atoms with Crippen molar-refractivity contribution in [3.63, 3.8) is 0 Å². The number of aromatic nitrogens is 2. The second-order valence-corrected chi connectivity index (χ2v) is 8.10. The predicted octanol–water partition coefficient (Wildman–Crippen LogP) is 4.59. The molecule has 2 aromatic heterocycles. The zero-order valence-corrected chi connectivity index (χ0v) is 17.8. The van der Waals surface area contributed by atoms with Crippen LogP contribution in [0.3, 0.4) is 0 Å². The number of nitrogens with one attached hydrogen (secondary N) is 1. The summed E-state index contributed by atoms with van der Waals surface area (Å²) in [5.41, 5.74) is 7.56. The van der Waals surface area contributed by atoms with E-state index in [1.54, 1.807) is 18.3 Å². The molecular weight excluding hydrogens is 454 g/mol. The Hall–Kier alpha value is -2.48. The summed E-state index contributed by atoms with van der Waals surface area (Å²) in [5, 5.41) is 3.82. The highest BCUT2D eigenvalue weighted by Crippen LogP contribution is 2.27. The highest BCUT2D eigenvalue weighted by atomic mass is 79.9. The molecule has 4 rings (SSSR count). The Balaban J connectivity index is 0.00000171. The van der Waals surface area contributed by atoms with Gasteiger partial charge in [0.05, 0.1) is 10.6 Å². The predicted molar refractivity (Wildman–Crippen MR) is 125 cm³/mol. The Bertz CT molecular complexity index is 1060. The van der Waals surface area contributed by atoms with Gasteiger partial charge in [-0.3, -0.25) is 4.79 Å². The van der Waals surface area contributed by atoms with Crippen LogP contribution in [0.2, 0.25) is 5.02 Å². The fourth-order valence-corrected chi connectivity index (χ4v) is 3.92. The second kappa shape index (κ2) is 8.49. The van der Waals surface area contributed by atoms with Crippen LogP contribution in [0.1, 0.15) is 31.9 Å². The number of nitrogen functional groups attached to an aromatic ring is 1. The molecule has 1 unspecified atom stereocenters. The van der Waals surface area contributed by atoms with Gasteiger partial charge in [0, 0.05) is 40.6 Å². The van der Waals surface area contributed by atoms with Crippen LogP contribution in [0.4, 0.5) is 11.6 Å². The molecule has 0 aliphatic carbocycles. The third-order valence-corrected chi connectivity index (χ3v) is 5.62. The van der Waals surface area contributed by atoms with Gasteiger partial charge in [-0.05, 0) is 39.7 Å². The summed E-state index contributed by atoms with van der Waals surface area (Å²) in [6, 6.07) is 15.6. The maximum atomic E-state index is 13.0. The zero-order chi connectivity index (χ0) is 20.4. The lowest BCUT2D eigenvalue weighted by Crippen LogP contribution is -2.46. The van der Waals surface area contributed by atoms with Crippen molar-refractivity contribution in [1.29, 1.82) is 0 Å². The van der Waals surface area contributed by atoms with E-state index in [2.05, 4.69) is 48.2 Å². The molecule has 6 nitrogen and oxygen atoms in total. The number of hydrogen-bond donors (Lipinski definition) is 2. The first-order valence-corrected chi connectivity index (χ1v) is 10.4. The molecule has 1 atom stereocenters. The monoisotopic (exact) mass is 477 g/mol. The van der Waals surface area contributed by atoms with Crippen LogP contribution in [0, 0.1) is 0 Å². The van der Waals surface area contributed by atoms with E-state index >= 15 is 0 Å². The van der Waals surface area contributed by atoms with Crippen LogP contribution in [-0.2, 0) is 0 Å². The number of pyridine rings is 2. The zero-order valence-electron chi connectivity index (χ0n) is 15.5. The minimum atomic E-state index is -0.349. The van der Waals surface area contributed by atoms with Gasteiger partial charge < -0.3 is 16.0 Å². The molecule has 0 radical (unpaired) electrons. The minimum absolute atomic E-state index is 0. The van der Waals surface area contributed by atoms with Crippen molar-refractivity contribution in [3.8, 4) is 0 Å². The summed E-state index contributed by atoms with van der Waals surface area (Å²) in [5.74, 6) is 0.507. The molecule has 1 aliphatic heterocycles. The van der Waals surface area contributed by atoms with Crippen molar-refractivity contribution in [1.82, 2.24) is 15.3 Å². The molecule has 154 valence electrons. The molecule has 0 bridgehead atoms. The van der Waals surface area contributed by atoms with Crippen LogP contribution >= 0.6 is 27.5 Å². The van der Waals surface area contributed by atoms with E-state index in [1.165, 1.54) is 5.56 Å². The summed E-state index contributed by atoms with van der Waals surface area (Å²) >= 11 is 9.63. The first-order chi connectivity index (χ1) is 14.0. The molecule has 3 aromatic rings. The number of halogens is 2. The Morgan fingerprint density at radius 3 is 2.86 bits per heavy atom. The molecule has 3 heterocycles. The number of nitrogens with two attached hydrogens (primary N) is 1. The number of nitrogens with zero attached hydrogens (tertiary/aromatic N) is 3. The smallest absolute Gasteiger partial charge is 0.216 e. The van der Waals surface area contributed by atoms with Gasteiger partial charge in [0.15, 0.2) is 0 Å². The number of carbonyl (C=O) groups excluding carboxylic acids is 1. The quantitative estimate of drug-likeness (QED) is 0.533. The maximum absolute atomic E-state index is 13.0. The average molecular weight is 479 g/mol. The summed E-state index contributed by atoms with van der Waals surface area (Å²) in [6.45, 7) is 2.34. The molecule has 3 N–H and O–H groups in total. The van der Waals surface area contributed by atoms with Gasteiger partial charge in [0.1, 0.15) is 17.3 Å². The Morgan fingerprint density at radius 1 is 1.28 bits per heavy atom. The summed E-state index contributed by atoms with van der Waals surface area (Å²) in [6.07, 6.45) is 1.54. The Labute approximate surface area is 186 Å². The van der Waals surface area contributed by atoms with Crippen LogP contribution in [0.5, 0.6) is 0 Å². The lowest BCUT2D eigenvalue weighted by atomic mass is 10.0.